The lowest BCUT2D eigenvalue weighted by Crippen LogP contribution is -2.20. The van der Waals surface area contributed by atoms with Crippen LogP contribution < -0.4 is 10.5 Å². The average Bonchev–Trinajstić information content (AvgIpc) is 2.32. The Bertz CT molecular complexity index is 415. The Kier molecular flexibility index (Phi) is 3.67. The van der Waals surface area contributed by atoms with Crippen LogP contribution in [0.1, 0.15) is 36.5 Å². The second kappa shape index (κ2) is 5.05. The van der Waals surface area contributed by atoms with Crippen LogP contribution >= 0.6 is 0 Å². The van der Waals surface area contributed by atoms with E-state index < -0.39 is 0 Å². The van der Waals surface area contributed by atoms with Crippen molar-refractivity contribution in [2.24, 2.45) is 5.73 Å². The number of nitrogens with two attached hydrogens (primary N) is 1. The fourth-order valence-corrected chi connectivity index (χ4v) is 2.60. The molecule has 17 heavy (non-hydrogen) atoms. The first kappa shape index (κ1) is 12.4. The van der Waals surface area contributed by atoms with Crippen molar-refractivity contribution in [2.75, 3.05) is 7.11 Å². The lowest BCUT2D eigenvalue weighted by molar-refractivity contribution is 0.402. The van der Waals surface area contributed by atoms with Crippen LogP contribution in [0.3, 0.4) is 0 Å². The third-order valence-electron chi connectivity index (χ3n) is 3.38. The van der Waals surface area contributed by atoms with Gasteiger partial charge in [-0.2, -0.15) is 0 Å². The van der Waals surface area contributed by atoms with Crippen LogP contribution in [0, 0.1) is 5.82 Å². The molecule has 2 N–H and O–H groups in total. The topological polar surface area (TPSA) is 35.2 Å². The molecule has 2 rings (SSSR count). The molecule has 0 amide bonds. The summed E-state index contributed by atoms with van der Waals surface area (Å²) < 4.78 is 19.7. The van der Waals surface area contributed by atoms with E-state index in [0.29, 0.717) is 12.0 Å². The van der Waals surface area contributed by atoms with Gasteiger partial charge in [0.15, 0.2) is 0 Å². The van der Waals surface area contributed by atoms with Crippen molar-refractivity contribution in [3.05, 3.63) is 28.6 Å². The van der Waals surface area contributed by atoms with Crippen LogP contribution in [0.4, 0.5) is 4.39 Å². The molecule has 0 saturated carbocycles. The van der Waals surface area contributed by atoms with Gasteiger partial charge in [-0.15, -0.1) is 0 Å². The molecule has 3 heteroatoms. The van der Waals surface area contributed by atoms with E-state index in [9.17, 15) is 4.39 Å². The smallest absolute Gasteiger partial charge is 0.130 e. The number of hydrogen-bond acceptors (Lipinski definition) is 2. The third kappa shape index (κ3) is 2.44. The van der Waals surface area contributed by atoms with E-state index in [1.54, 1.807) is 7.11 Å². The fourth-order valence-electron chi connectivity index (χ4n) is 2.60. The normalized spacial score (nSPS) is 16.5. The van der Waals surface area contributed by atoms with Gasteiger partial charge in [0.05, 0.1) is 7.11 Å². The van der Waals surface area contributed by atoms with Gasteiger partial charge in [0.25, 0.3) is 0 Å². The second-order valence-electron chi connectivity index (χ2n) is 4.90. The molecule has 0 bridgehead atoms. The van der Waals surface area contributed by atoms with Crippen molar-refractivity contribution in [2.45, 2.75) is 45.1 Å². The standard InChI is InChI=1S/C14H20FNO/c1-9(16)7-10-8-13(17-2)11-5-3-4-6-12(11)14(10)15/h8-9H,3-7,16H2,1-2H3. The molecule has 0 heterocycles. The molecular formula is C14H20FNO. The number of methoxy groups -OCH3 is 1. The van der Waals surface area contributed by atoms with E-state index in [2.05, 4.69) is 0 Å². The lowest BCUT2D eigenvalue weighted by atomic mass is 9.88. The zero-order chi connectivity index (χ0) is 12.4. The largest absolute Gasteiger partial charge is 0.496 e. The monoisotopic (exact) mass is 237 g/mol. The Morgan fingerprint density at radius 3 is 2.59 bits per heavy atom. The lowest BCUT2D eigenvalue weighted by Gasteiger charge is -2.22. The summed E-state index contributed by atoms with van der Waals surface area (Å²) in [5.74, 6) is 0.773. The molecule has 2 nitrogen and oxygen atoms in total. The van der Waals surface area contributed by atoms with E-state index >= 15 is 0 Å². The Balaban J connectivity index is 2.48. The van der Waals surface area contributed by atoms with Crippen molar-refractivity contribution in [3.8, 4) is 5.75 Å². The predicted molar refractivity (Wildman–Crippen MR) is 66.9 cm³/mol. The Hall–Kier alpha value is -1.09. The van der Waals surface area contributed by atoms with Gasteiger partial charge in [-0.1, -0.05) is 0 Å². The van der Waals surface area contributed by atoms with Crippen molar-refractivity contribution in [1.82, 2.24) is 0 Å². The van der Waals surface area contributed by atoms with Crippen molar-refractivity contribution >= 4 is 0 Å². The van der Waals surface area contributed by atoms with E-state index in [1.807, 2.05) is 13.0 Å². The number of fused-ring (bicyclic) bond motifs is 1. The van der Waals surface area contributed by atoms with Crippen LogP contribution in [0.15, 0.2) is 6.07 Å². The van der Waals surface area contributed by atoms with Gasteiger partial charge in [-0.25, -0.2) is 4.39 Å². The predicted octanol–water partition coefficient (Wildman–Crippen LogP) is 2.60. The minimum Gasteiger partial charge on any atom is -0.496 e. The van der Waals surface area contributed by atoms with Gasteiger partial charge in [0.2, 0.25) is 0 Å². The van der Waals surface area contributed by atoms with Crippen LogP contribution in [0.5, 0.6) is 5.75 Å². The molecule has 1 aliphatic rings. The maximum atomic E-state index is 14.3. The molecule has 94 valence electrons. The van der Waals surface area contributed by atoms with Gasteiger partial charge in [0, 0.05) is 11.6 Å². The van der Waals surface area contributed by atoms with Crippen LogP contribution in [-0.2, 0) is 19.3 Å². The summed E-state index contributed by atoms with van der Waals surface area (Å²) in [4.78, 5) is 0. The van der Waals surface area contributed by atoms with Gasteiger partial charge >= 0.3 is 0 Å². The summed E-state index contributed by atoms with van der Waals surface area (Å²) in [5, 5.41) is 0. The average molecular weight is 237 g/mol. The highest BCUT2D eigenvalue weighted by Gasteiger charge is 2.21. The number of benzene rings is 1. The third-order valence-corrected chi connectivity index (χ3v) is 3.38. The van der Waals surface area contributed by atoms with E-state index in [4.69, 9.17) is 10.5 Å². The van der Waals surface area contributed by atoms with Crippen molar-refractivity contribution in [3.63, 3.8) is 0 Å². The Morgan fingerprint density at radius 2 is 2.00 bits per heavy atom. The van der Waals surface area contributed by atoms with Crippen molar-refractivity contribution < 1.29 is 9.13 Å². The van der Waals surface area contributed by atoms with Crippen molar-refractivity contribution in [1.29, 1.82) is 0 Å². The summed E-state index contributed by atoms with van der Waals surface area (Å²) >= 11 is 0. The Labute approximate surface area is 102 Å². The van der Waals surface area contributed by atoms with Crippen LogP contribution in [-0.4, -0.2) is 13.2 Å². The highest BCUT2D eigenvalue weighted by molar-refractivity contribution is 5.46. The summed E-state index contributed by atoms with van der Waals surface area (Å²) in [5.41, 5.74) is 8.36. The van der Waals surface area contributed by atoms with Gasteiger partial charge in [0.1, 0.15) is 11.6 Å². The molecule has 1 aromatic rings. The molecule has 1 aliphatic carbocycles. The molecule has 0 aromatic heterocycles. The maximum Gasteiger partial charge on any atom is 0.130 e. The molecule has 1 atom stereocenters. The SMILES string of the molecule is COc1cc(CC(C)N)c(F)c2c1CCCC2. The highest BCUT2D eigenvalue weighted by atomic mass is 19.1. The summed E-state index contributed by atoms with van der Waals surface area (Å²) in [6.07, 6.45) is 4.50. The summed E-state index contributed by atoms with van der Waals surface area (Å²) in [6, 6.07) is 1.79. The molecule has 1 unspecified atom stereocenters. The number of rotatable bonds is 3. The zero-order valence-electron chi connectivity index (χ0n) is 10.6. The zero-order valence-corrected chi connectivity index (χ0v) is 10.6. The van der Waals surface area contributed by atoms with Crippen LogP contribution in [0.25, 0.3) is 0 Å². The highest BCUT2D eigenvalue weighted by Crippen LogP contribution is 2.34. The molecule has 1 aromatic carbocycles. The first-order valence-corrected chi connectivity index (χ1v) is 6.26. The summed E-state index contributed by atoms with van der Waals surface area (Å²) in [7, 11) is 1.65. The first-order valence-electron chi connectivity index (χ1n) is 6.26. The minimum atomic E-state index is -0.0576. The molecule has 0 aliphatic heterocycles. The first-order chi connectivity index (χ1) is 8.13. The van der Waals surface area contributed by atoms with Gasteiger partial charge in [-0.3, -0.25) is 0 Å². The minimum absolute atomic E-state index is 0.0316. The van der Waals surface area contributed by atoms with Gasteiger partial charge in [-0.05, 0) is 56.2 Å². The summed E-state index contributed by atoms with van der Waals surface area (Å²) in [6.45, 7) is 1.89. The number of halogens is 1. The molecule has 0 saturated heterocycles. The molecule has 0 radical (unpaired) electrons. The number of ether oxygens (including phenoxy) is 1. The number of hydrogen-bond donors (Lipinski definition) is 1. The van der Waals surface area contributed by atoms with E-state index in [-0.39, 0.29) is 11.9 Å². The molecular weight excluding hydrogens is 217 g/mol. The van der Waals surface area contributed by atoms with E-state index in [1.165, 1.54) is 0 Å². The Morgan fingerprint density at radius 1 is 1.35 bits per heavy atom. The molecule has 0 fully saturated rings. The quantitative estimate of drug-likeness (QED) is 0.877. The second-order valence-corrected chi connectivity index (χ2v) is 4.90. The van der Waals surface area contributed by atoms with E-state index in [0.717, 1.165) is 42.6 Å². The van der Waals surface area contributed by atoms with Crippen LogP contribution in [0.2, 0.25) is 0 Å². The molecule has 0 spiro atoms. The van der Waals surface area contributed by atoms with Gasteiger partial charge < -0.3 is 10.5 Å². The fraction of sp³-hybridized carbons (Fsp3) is 0.571. The maximum absolute atomic E-state index is 14.3.